The number of hydrogen-bond acceptors (Lipinski definition) is 3. The fourth-order valence-corrected chi connectivity index (χ4v) is 4.29. The van der Waals surface area contributed by atoms with Gasteiger partial charge in [0, 0.05) is 18.0 Å². The van der Waals surface area contributed by atoms with Crippen molar-refractivity contribution in [3.8, 4) is 5.75 Å². The molecule has 0 saturated carbocycles. The van der Waals surface area contributed by atoms with E-state index < -0.39 is 0 Å². The monoisotopic (exact) mass is 417 g/mol. The quantitative estimate of drug-likeness (QED) is 0.689. The molecule has 2 rings (SSSR count). The summed E-state index contributed by atoms with van der Waals surface area (Å²) in [6, 6.07) is 6.36. The number of rotatable bonds is 6. The fourth-order valence-electron chi connectivity index (χ4n) is 1.90. The molecule has 1 heterocycles. The second kappa shape index (κ2) is 7.59. The molecule has 2 aromatic rings. The minimum atomic E-state index is 0.659. The summed E-state index contributed by atoms with van der Waals surface area (Å²) in [5.74, 6) is 0.866. The van der Waals surface area contributed by atoms with Gasteiger partial charge < -0.3 is 10.1 Å². The lowest BCUT2D eigenvalue weighted by Gasteiger charge is -2.11. The zero-order valence-corrected chi connectivity index (χ0v) is 15.5. The normalized spacial score (nSPS) is 10.8. The van der Waals surface area contributed by atoms with E-state index >= 15 is 0 Å². The van der Waals surface area contributed by atoms with Gasteiger partial charge in [-0.2, -0.15) is 0 Å². The fraction of sp³-hybridized carbons (Fsp3) is 0.333. The summed E-state index contributed by atoms with van der Waals surface area (Å²) < 4.78 is 7.56. The van der Waals surface area contributed by atoms with E-state index in [0.717, 1.165) is 27.8 Å². The molecule has 108 valence electrons. The minimum absolute atomic E-state index is 0.659. The molecule has 0 aliphatic heterocycles. The van der Waals surface area contributed by atoms with E-state index in [1.54, 1.807) is 11.3 Å². The van der Waals surface area contributed by atoms with Gasteiger partial charge in [0.15, 0.2) is 0 Å². The summed E-state index contributed by atoms with van der Waals surface area (Å²) >= 11 is 8.92. The van der Waals surface area contributed by atoms with Crippen LogP contribution in [0.4, 0.5) is 0 Å². The van der Waals surface area contributed by atoms with Gasteiger partial charge >= 0.3 is 0 Å². The highest BCUT2D eigenvalue weighted by atomic mass is 79.9. The van der Waals surface area contributed by atoms with Crippen molar-refractivity contribution in [1.29, 1.82) is 0 Å². The third-order valence-electron chi connectivity index (χ3n) is 2.93. The van der Waals surface area contributed by atoms with Gasteiger partial charge in [0.25, 0.3) is 0 Å². The van der Waals surface area contributed by atoms with Crippen LogP contribution in [0, 0.1) is 6.92 Å². The smallest absolute Gasteiger partial charge is 0.147 e. The summed E-state index contributed by atoms with van der Waals surface area (Å²) in [6.45, 7) is 6.54. The Bertz CT molecular complexity index is 560. The number of halogens is 2. The van der Waals surface area contributed by atoms with E-state index in [4.69, 9.17) is 4.74 Å². The summed E-state index contributed by atoms with van der Waals surface area (Å²) in [5.41, 5.74) is 2.58. The Morgan fingerprint density at radius 2 is 1.90 bits per heavy atom. The van der Waals surface area contributed by atoms with Crippen molar-refractivity contribution in [2.24, 2.45) is 0 Å². The van der Waals surface area contributed by atoms with Crippen LogP contribution in [-0.2, 0) is 13.1 Å². The van der Waals surface area contributed by atoms with Crippen molar-refractivity contribution in [3.63, 3.8) is 0 Å². The third-order valence-corrected chi connectivity index (χ3v) is 5.13. The van der Waals surface area contributed by atoms with E-state index in [9.17, 15) is 0 Å². The lowest BCUT2D eigenvalue weighted by atomic mass is 10.2. The van der Waals surface area contributed by atoms with Crippen molar-refractivity contribution in [2.75, 3.05) is 6.61 Å². The summed E-state index contributed by atoms with van der Waals surface area (Å²) in [6.07, 6.45) is 0. The number of aryl methyl sites for hydroxylation is 1. The number of ether oxygens (including phenoxy) is 1. The molecule has 0 bridgehead atoms. The van der Waals surface area contributed by atoms with Gasteiger partial charge in [0.1, 0.15) is 5.75 Å². The average molecular weight is 419 g/mol. The zero-order chi connectivity index (χ0) is 14.5. The van der Waals surface area contributed by atoms with Crippen molar-refractivity contribution >= 4 is 43.2 Å². The SMILES string of the molecule is CCOc1c(Br)cc(CNCc2sccc2C)cc1Br. The number of nitrogens with one attached hydrogen (secondary N) is 1. The summed E-state index contributed by atoms with van der Waals surface area (Å²) in [7, 11) is 0. The van der Waals surface area contributed by atoms with Crippen LogP contribution in [0.15, 0.2) is 32.5 Å². The highest BCUT2D eigenvalue weighted by Crippen LogP contribution is 2.34. The third kappa shape index (κ3) is 4.07. The molecule has 0 amide bonds. The van der Waals surface area contributed by atoms with Crippen molar-refractivity contribution in [3.05, 3.63) is 48.5 Å². The maximum absolute atomic E-state index is 5.59. The standard InChI is InChI=1S/C15H17Br2NOS/c1-3-19-15-12(16)6-11(7-13(15)17)8-18-9-14-10(2)4-5-20-14/h4-7,18H,3,8-9H2,1-2H3. The van der Waals surface area contributed by atoms with Gasteiger partial charge in [-0.25, -0.2) is 0 Å². The average Bonchev–Trinajstić information content (AvgIpc) is 2.80. The molecular weight excluding hydrogens is 402 g/mol. The number of hydrogen-bond donors (Lipinski definition) is 1. The summed E-state index contributed by atoms with van der Waals surface area (Å²) in [5, 5.41) is 5.61. The molecule has 0 saturated heterocycles. The van der Waals surface area contributed by atoms with Gasteiger partial charge in [0.2, 0.25) is 0 Å². The van der Waals surface area contributed by atoms with Crippen molar-refractivity contribution in [1.82, 2.24) is 5.32 Å². The van der Waals surface area contributed by atoms with Gasteiger partial charge in [0.05, 0.1) is 15.6 Å². The maximum Gasteiger partial charge on any atom is 0.147 e. The van der Waals surface area contributed by atoms with Gasteiger partial charge in [-0.05, 0) is 80.4 Å². The van der Waals surface area contributed by atoms with Gasteiger partial charge in [-0.15, -0.1) is 11.3 Å². The Labute approximate surface area is 140 Å². The molecule has 0 aliphatic carbocycles. The topological polar surface area (TPSA) is 21.3 Å². The van der Waals surface area contributed by atoms with Gasteiger partial charge in [-0.1, -0.05) is 0 Å². The molecule has 0 spiro atoms. The van der Waals surface area contributed by atoms with E-state index in [1.165, 1.54) is 16.0 Å². The molecule has 0 aliphatic rings. The largest absolute Gasteiger partial charge is 0.492 e. The molecule has 0 fully saturated rings. The first-order valence-corrected chi connectivity index (χ1v) is 8.92. The molecule has 5 heteroatoms. The Morgan fingerprint density at radius 3 is 2.45 bits per heavy atom. The first kappa shape index (κ1) is 16.0. The van der Waals surface area contributed by atoms with Crippen LogP contribution < -0.4 is 10.1 Å². The molecule has 2 nitrogen and oxygen atoms in total. The van der Waals surface area contributed by atoms with Crippen molar-refractivity contribution in [2.45, 2.75) is 26.9 Å². The summed E-state index contributed by atoms with van der Waals surface area (Å²) in [4.78, 5) is 1.40. The lowest BCUT2D eigenvalue weighted by Crippen LogP contribution is -2.12. The first-order valence-electron chi connectivity index (χ1n) is 6.46. The highest BCUT2D eigenvalue weighted by molar-refractivity contribution is 9.11. The second-order valence-electron chi connectivity index (χ2n) is 4.45. The Kier molecular flexibility index (Phi) is 6.08. The Hall–Kier alpha value is -0.360. The van der Waals surface area contributed by atoms with Crippen molar-refractivity contribution < 1.29 is 4.74 Å². The Balaban J connectivity index is 1.98. The van der Waals surface area contributed by atoms with Crippen LogP contribution in [0.3, 0.4) is 0 Å². The highest BCUT2D eigenvalue weighted by Gasteiger charge is 2.08. The number of benzene rings is 1. The molecule has 0 radical (unpaired) electrons. The van der Waals surface area contributed by atoms with E-state index in [1.807, 2.05) is 6.92 Å². The lowest BCUT2D eigenvalue weighted by molar-refractivity contribution is 0.336. The molecule has 1 aromatic carbocycles. The van der Waals surface area contributed by atoms with E-state index in [2.05, 4.69) is 67.7 Å². The molecular formula is C15H17Br2NOS. The van der Waals surface area contributed by atoms with Crippen LogP contribution in [0.2, 0.25) is 0 Å². The predicted molar refractivity (Wildman–Crippen MR) is 92.6 cm³/mol. The van der Waals surface area contributed by atoms with Crippen LogP contribution in [0.5, 0.6) is 5.75 Å². The Morgan fingerprint density at radius 1 is 1.20 bits per heavy atom. The zero-order valence-electron chi connectivity index (χ0n) is 11.5. The van der Waals surface area contributed by atoms with E-state index in [-0.39, 0.29) is 0 Å². The molecule has 1 aromatic heterocycles. The molecule has 0 atom stereocenters. The molecule has 20 heavy (non-hydrogen) atoms. The van der Waals surface area contributed by atoms with Gasteiger partial charge in [-0.3, -0.25) is 0 Å². The minimum Gasteiger partial charge on any atom is -0.492 e. The van der Waals surface area contributed by atoms with Crippen LogP contribution in [0.25, 0.3) is 0 Å². The first-order chi connectivity index (χ1) is 9.61. The second-order valence-corrected chi connectivity index (χ2v) is 7.16. The van der Waals surface area contributed by atoms with Crippen LogP contribution in [0.1, 0.15) is 22.9 Å². The van der Waals surface area contributed by atoms with Crippen LogP contribution >= 0.6 is 43.2 Å². The molecule has 0 unspecified atom stereocenters. The number of thiophene rings is 1. The predicted octanol–water partition coefficient (Wildman–Crippen LogP) is 5.27. The van der Waals surface area contributed by atoms with Crippen LogP contribution in [-0.4, -0.2) is 6.61 Å². The maximum atomic E-state index is 5.59. The molecule has 1 N–H and O–H groups in total. The van der Waals surface area contributed by atoms with E-state index in [0.29, 0.717) is 6.61 Å².